The molecule has 1 aliphatic rings. The number of H-pyrrole nitrogens is 1. The van der Waals surface area contributed by atoms with E-state index in [1.54, 1.807) is 49.4 Å². The molecule has 1 saturated heterocycles. The number of fused-ring (bicyclic) bond motifs is 1. The van der Waals surface area contributed by atoms with Crippen molar-refractivity contribution in [1.29, 1.82) is 0 Å². The molecule has 10 heteroatoms. The van der Waals surface area contributed by atoms with Gasteiger partial charge in [0.1, 0.15) is 5.52 Å². The normalized spacial score (nSPS) is 16.1. The number of para-hydroxylation sites is 2. The van der Waals surface area contributed by atoms with Gasteiger partial charge in [-0.05, 0) is 43.3 Å². The summed E-state index contributed by atoms with van der Waals surface area (Å²) in [6.07, 6.45) is -0.131. The second-order valence-electron chi connectivity index (χ2n) is 7.81. The van der Waals surface area contributed by atoms with E-state index in [1.165, 1.54) is 6.92 Å². The predicted octanol–water partition coefficient (Wildman–Crippen LogP) is 2.62. The number of hydrogen-bond acceptors (Lipinski definition) is 6. The van der Waals surface area contributed by atoms with E-state index in [4.69, 9.17) is 4.42 Å². The average Bonchev–Trinajstić information content (AvgIpc) is 3.41. The fraction of sp³-hybridized carbons (Fsp3) is 0.174. The van der Waals surface area contributed by atoms with Gasteiger partial charge in [0, 0.05) is 24.7 Å². The first kappa shape index (κ1) is 20.4. The number of rotatable bonds is 4. The Kier molecular flexibility index (Phi) is 4.70. The van der Waals surface area contributed by atoms with Crippen LogP contribution in [0, 0.1) is 6.92 Å². The number of imide groups is 1. The largest absolute Gasteiger partial charge is 0.422 e. The average molecular weight is 445 g/mol. The lowest BCUT2D eigenvalue weighted by molar-refractivity contribution is -0.121. The van der Waals surface area contributed by atoms with Gasteiger partial charge in [0.2, 0.25) is 17.7 Å². The van der Waals surface area contributed by atoms with Gasteiger partial charge in [0.05, 0.1) is 17.2 Å². The van der Waals surface area contributed by atoms with Crippen molar-refractivity contribution in [2.24, 2.45) is 0 Å². The topological polar surface area (TPSA) is 130 Å². The summed E-state index contributed by atoms with van der Waals surface area (Å²) in [5, 5.41) is 5.54. The minimum atomic E-state index is -0.929. The zero-order valence-electron chi connectivity index (χ0n) is 17.8. The SMILES string of the molecule is CC(=O)Nc1ccc(N2C(=O)C[C@@H](c3c(C)[nH]n(-c4nc5ccccc5o4)c3=O)C2=O)cc1. The molecule has 0 aliphatic carbocycles. The molecule has 1 atom stereocenters. The van der Waals surface area contributed by atoms with Crippen LogP contribution in [0.5, 0.6) is 0 Å². The van der Waals surface area contributed by atoms with Crippen molar-refractivity contribution in [1.82, 2.24) is 14.8 Å². The first-order valence-corrected chi connectivity index (χ1v) is 10.3. The first-order valence-electron chi connectivity index (χ1n) is 10.3. The van der Waals surface area contributed by atoms with Gasteiger partial charge in [-0.3, -0.25) is 29.2 Å². The van der Waals surface area contributed by atoms with Crippen molar-refractivity contribution in [3.8, 4) is 6.01 Å². The summed E-state index contributed by atoms with van der Waals surface area (Å²) < 4.78 is 6.82. The number of carbonyl (C=O) groups is 3. The van der Waals surface area contributed by atoms with Crippen LogP contribution in [-0.4, -0.2) is 32.5 Å². The number of amides is 3. The molecule has 3 heterocycles. The number of anilines is 2. The van der Waals surface area contributed by atoms with Gasteiger partial charge in [-0.25, -0.2) is 0 Å². The van der Waals surface area contributed by atoms with Crippen LogP contribution >= 0.6 is 0 Å². The molecule has 4 aromatic rings. The predicted molar refractivity (Wildman–Crippen MR) is 119 cm³/mol. The van der Waals surface area contributed by atoms with Crippen molar-refractivity contribution >= 4 is 40.2 Å². The number of nitrogens with one attached hydrogen (secondary N) is 2. The van der Waals surface area contributed by atoms with E-state index in [0.29, 0.717) is 28.2 Å². The van der Waals surface area contributed by atoms with Gasteiger partial charge in [0.15, 0.2) is 5.58 Å². The lowest BCUT2D eigenvalue weighted by Crippen LogP contribution is -2.31. The second kappa shape index (κ2) is 7.59. The number of oxazole rings is 1. The zero-order chi connectivity index (χ0) is 23.3. The van der Waals surface area contributed by atoms with E-state index in [-0.39, 0.29) is 23.9 Å². The maximum atomic E-state index is 13.2. The van der Waals surface area contributed by atoms with Crippen LogP contribution in [-0.2, 0) is 14.4 Å². The molecule has 166 valence electrons. The highest BCUT2D eigenvalue weighted by Gasteiger charge is 2.43. The van der Waals surface area contributed by atoms with Crippen molar-refractivity contribution in [2.75, 3.05) is 10.2 Å². The molecule has 10 nitrogen and oxygen atoms in total. The highest BCUT2D eigenvalue weighted by atomic mass is 16.4. The molecule has 3 amide bonds. The van der Waals surface area contributed by atoms with Gasteiger partial charge in [-0.1, -0.05) is 12.1 Å². The van der Waals surface area contributed by atoms with Gasteiger partial charge in [-0.2, -0.15) is 9.67 Å². The molecular formula is C23H19N5O5. The molecule has 0 bridgehead atoms. The Morgan fingerprint density at radius 2 is 1.85 bits per heavy atom. The van der Waals surface area contributed by atoms with Crippen molar-refractivity contribution in [2.45, 2.75) is 26.2 Å². The molecule has 0 spiro atoms. The summed E-state index contributed by atoms with van der Waals surface area (Å²) in [7, 11) is 0. The third-order valence-corrected chi connectivity index (χ3v) is 5.53. The summed E-state index contributed by atoms with van der Waals surface area (Å²) >= 11 is 0. The quantitative estimate of drug-likeness (QED) is 0.465. The number of hydrogen-bond donors (Lipinski definition) is 2. The van der Waals surface area contributed by atoms with Crippen LogP contribution in [0.25, 0.3) is 17.1 Å². The minimum absolute atomic E-state index is 0.0535. The van der Waals surface area contributed by atoms with E-state index >= 15 is 0 Å². The molecule has 2 N–H and O–H groups in total. The summed E-state index contributed by atoms with van der Waals surface area (Å²) in [6.45, 7) is 3.05. The molecule has 5 rings (SSSR count). The van der Waals surface area contributed by atoms with Gasteiger partial charge in [-0.15, -0.1) is 0 Å². The molecule has 1 fully saturated rings. The second-order valence-corrected chi connectivity index (χ2v) is 7.81. The molecule has 0 saturated carbocycles. The van der Waals surface area contributed by atoms with Crippen LogP contribution in [0.3, 0.4) is 0 Å². The molecule has 1 aliphatic heterocycles. The van der Waals surface area contributed by atoms with E-state index in [1.807, 2.05) is 6.07 Å². The minimum Gasteiger partial charge on any atom is -0.422 e. The molecule has 0 unspecified atom stereocenters. The summed E-state index contributed by atoms with van der Waals surface area (Å²) in [5.41, 5.74) is 2.19. The maximum absolute atomic E-state index is 13.2. The van der Waals surface area contributed by atoms with Crippen LogP contribution < -0.4 is 15.8 Å². The van der Waals surface area contributed by atoms with Gasteiger partial charge >= 0.3 is 6.01 Å². The summed E-state index contributed by atoms with van der Waals surface area (Å²) in [4.78, 5) is 55.7. The monoisotopic (exact) mass is 445 g/mol. The number of aryl methyl sites for hydroxylation is 1. The Morgan fingerprint density at radius 3 is 2.55 bits per heavy atom. The van der Waals surface area contributed by atoms with Gasteiger partial charge in [0.25, 0.3) is 5.56 Å². The van der Waals surface area contributed by atoms with Crippen molar-refractivity contribution in [3.05, 3.63) is 70.1 Å². The highest BCUT2D eigenvalue weighted by molar-refractivity contribution is 6.22. The number of benzene rings is 2. The third-order valence-electron chi connectivity index (χ3n) is 5.53. The molecule has 2 aromatic heterocycles. The number of nitrogens with zero attached hydrogens (tertiary/aromatic N) is 3. The fourth-order valence-electron chi connectivity index (χ4n) is 4.09. The van der Waals surface area contributed by atoms with Crippen LogP contribution in [0.15, 0.2) is 57.7 Å². The molecule has 33 heavy (non-hydrogen) atoms. The number of aromatic nitrogens is 3. The van der Waals surface area contributed by atoms with E-state index in [2.05, 4.69) is 15.4 Å². The van der Waals surface area contributed by atoms with Crippen LogP contribution in [0.2, 0.25) is 0 Å². The Morgan fingerprint density at radius 1 is 1.12 bits per heavy atom. The smallest absolute Gasteiger partial charge is 0.325 e. The number of carbonyl (C=O) groups excluding carboxylic acids is 3. The molecule has 0 radical (unpaired) electrons. The van der Waals surface area contributed by atoms with E-state index in [0.717, 1.165) is 9.58 Å². The maximum Gasteiger partial charge on any atom is 0.325 e. The van der Waals surface area contributed by atoms with E-state index < -0.39 is 23.3 Å². The van der Waals surface area contributed by atoms with E-state index in [9.17, 15) is 19.2 Å². The van der Waals surface area contributed by atoms with Crippen molar-refractivity contribution < 1.29 is 18.8 Å². The lowest BCUT2D eigenvalue weighted by Gasteiger charge is -2.15. The Balaban J connectivity index is 1.48. The zero-order valence-corrected chi connectivity index (χ0v) is 17.8. The molecular weight excluding hydrogens is 426 g/mol. The Bertz CT molecular complexity index is 1440. The number of aromatic amines is 1. The standard InChI is InChI=1S/C23H19N5O5/c1-12-20(22(32)28(26-12)23-25-17-5-3-4-6-18(17)33-23)16-11-19(30)27(21(16)31)15-9-7-14(8-10-15)24-13(2)29/h3-10,16,26H,11H2,1-2H3,(H,24,29)/t16-/m0/s1. The summed E-state index contributed by atoms with van der Waals surface area (Å²) in [5.74, 6) is -2.06. The lowest BCUT2D eigenvalue weighted by atomic mass is 9.98. The first-order chi connectivity index (χ1) is 15.8. The Hall–Kier alpha value is -4.47. The fourth-order valence-corrected chi connectivity index (χ4v) is 4.09. The van der Waals surface area contributed by atoms with Crippen LogP contribution in [0.4, 0.5) is 11.4 Å². The van der Waals surface area contributed by atoms with Gasteiger partial charge < -0.3 is 9.73 Å². The highest BCUT2D eigenvalue weighted by Crippen LogP contribution is 2.33. The van der Waals surface area contributed by atoms with Crippen LogP contribution in [0.1, 0.15) is 30.5 Å². The third kappa shape index (κ3) is 3.41. The molecule has 2 aromatic carbocycles. The Labute approximate surface area is 186 Å². The van der Waals surface area contributed by atoms with Crippen molar-refractivity contribution in [3.63, 3.8) is 0 Å². The summed E-state index contributed by atoms with van der Waals surface area (Å²) in [6, 6.07) is 13.5.